The number of benzene rings is 1. The number of nitrogens with zero attached hydrogens (tertiary/aromatic N) is 2. The van der Waals surface area contributed by atoms with Gasteiger partial charge < -0.3 is 20.5 Å². The van der Waals surface area contributed by atoms with Crippen molar-refractivity contribution in [2.24, 2.45) is 0 Å². The van der Waals surface area contributed by atoms with Gasteiger partial charge in [-0.3, -0.25) is 19.8 Å². The Kier molecular flexibility index (Phi) is 13.1. The average molecular weight is 522 g/mol. The van der Waals surface area contributed by atoms with Crippen molar-refractivity contribution in [1.29, 1.82) is 0 Å². The Hall–Kier alpha value is -2.27. The molecule has 2 aromatic rings. The van der Waals surface area contributed by atoms with E-state index in [4.69, 9.17) is 15.2 Å². The number of hydrogen-bond donors (Lipinski definition) is 3. The second-order valence-electron chi connectivity index (χ2n) is 7.47. The van der Waals surface area contributed by atoms with E-state index in [1.165, 1.54) is 26.4 Å². The lowest BCUT2D eigenvalue weighted by Crippen LogP contribution is -2.42. The van der Waals surface area contributed by atoms with Crippen LogP contribution >= 0.6 is 36.2 Å². The largest absolute Gasteiger partial charge is 0.493 e. The summed E-state index contributed by atoms with van der Waals surface area (Å²) in [5.74, 6) is 0.0789. The zero-order valence-corrected chi connectivity index (χ0v) is 22.1. The van der Waals surface area contributed by atoms with E-state index in [-0.39, 0.29) is 47.7 Å². The van der Waals surface area contributed by atoms with E-state index in [1.54, 1.807) is 5.38 Å². The minimum absolute atomic E-state index is 0. The smallest absolute Gasteiger partial charge is 0.270 e. The normalized spacial score (nSPS) is 10.5. The van der Waals surface area contributed by atoms with Crippen molar-refractivity contribution < 1.29 is 19.1 Å². The molecular formula is C21H33Cl2N5O4S. The zero-order valence-electron chi connectivity index (χ0n) is 19.6. The molecule has 12 heteroatoms. The molecule has 0 saturated carbocycles. The van der Waals surface area contributed by atoms with Crippen molar-refractivity contribution in [3.05, 3.63) is 28.8 Å². The summed E-state index contributed by atoms with van der Waals surface area (Å²) in [6.45, 7) is 9.76. The Morgan fingerprint density at radius 1 is 1.06 bits per heavy atom. The lowest BCUT2D eigenvalue weighted by molar-refractivity contribution is 0.0934. The van der Waals surface area contributed by atoms with Crippen LogP contribution in [0.15, 0.2) is 17.5 Å². The first-order chi connectivity index (χ1) is 14.7. The first kappa shape index (κ1) is 30.7. The molecule has 0 fully saturated rings. The number of aromatic nitrogens is 1. The molecule has 0 aliphatic carbocycles. The van der Waals surface area contributed by atoms with E-state index in [2.05, 4.69) is 48.2 Å². The van der Waals surface area contributed by atoms with Gasteiger partial charge in [0.15, 0.2) is 16.6 Å². The maximum Gasteiger partial charge on any atom is 0.270 e. The van der Waals surface area contributed by atoms with Crippen molar-refractivity contribution >= 4 is 58.8 Å². The van der Waals surface area contributed by atoms with E-state index in [1.807, 2.05) is 0 Å². The van der Waals surface area contributed by atoms with Crippen molar-refractivity contribution in [3.8, 4) is 11.5 Å². The van der Waals surface area contributed by atoms with Gasteiger partial charge in [-0.05, 0) is 33.8 Å². The number of carbonyl (C=O) groups excluding carboxylic acids is 2. The average Bonchev–Trinajstić information content (AvgIpc) is 3.18. The van der Waals surface area contributed by atoms with Crippen LogP contribution in [-0.2, 0) is 0 Å². The fourth-order valence-corrected chi connectivity index (χ4v) is 3.88. The van der Waals surface area contributed by atoms with Crippen molar-refractivity contribution in [1.82, 2.24) is 15.2 Å². The molecule has 0 atom stereocenters. The molecule has 2 rings (SSSR count). The summed E-state index contributed by atoms with van der Waals surface area (Å²) in [5.41, 5.74) is 6.68. The Morgan fingerprint density at radius 3 is 2.18 bits per heavy atom. The Morgan fingerprint density at radius 2 is 1.64 bits per heavy atom. The molecule has 1 aromatic heterocycles. The maximum absolute atomic E-state index is 12.6. The molecule has 4 N–H and O–H groups in total. The predicted octanol–water partition coefficient (Wildman–Crippen LogP) is 3.69. The molecule has 9 nitrogen and oxygen atoms in total. The summed E-state index contributed by atoms with van der Waals surface area (Å²) in [6, 6.07) is 3.80. The number of nitrogens with two attached hydrogens (primary N) is 1. The van der Waals surface area contributed by atoms with Gasteiger partial charge in [0, 0.05) is 42.3 Å². The van der Waals surface area contributed by atoms with Crippen LogP contribution in [0.4, 0.5) is 10.8 Å². The summed E-state index contributed by atoms with van der Waals surface area (Å²) >= 11 is 1.16. The molecule has 0 bridgehead atoms. The van der Waals surface area contributed by atoms with Gasteiger partial charge in [-0.25, -0.2) is 4.98 Å². The molecule has 0 spiro atoms. The van der Waals surface area contributed by atoms with Gasteiger partial charge in [-0.1, -0.05) is 0 Å². The van der Waals surface area contributed by atoms with E-state index >= 15 is 0 Å². The minimum atomic E-state index is -0.454. The highest BCUT2D eigenvalue weighted by Crippen LogP contribution is 2.32. The number of nitrogens with one attached hydrogen (secondary N) is 2. The summed E-state index contributed by atoms with van der Waals surface area (Å²) in [5, 5.41) is 7.45. The fraction of sp³-hybridized carbons (Fsp3) is 0.476. The molecule has 2 amide bonds. The van der Waals surface area contributed by atoms with Crippen LogP contribution in [0.3, 0.4) is 0 Å². The van der Waals surface area contributed by atoms with E-state index in [0.717, 1.165) is 17.9 Å². The molecule has 0 radical (unpaired) electrons. The molecular weight excluding hydrogens is 489 g/mol. The number of anilines is 2. The summed E-state index contributed by atoms with van der Waals surface area (Å²) in [6.07, 6.45) is 0. The van der Waals surface area contributed by atoms with Gasteiger partial charge in [0.25, 0.3) is 11.8 Å². The van der Waals surface area contributed by atoms with Crippen LogP contribution < -0.4 is 25.8 Å². The maximum atomic E-state index is 12.6. The second-order valence-corrected chi connectivity index (χ2v) is 8.33. The van der Waals surface area contributed by atoms with E-state index in [0.29, 0.717) is 35.3 Å². The lowest BCUT2D eigenvalue weighted by Gasteiger charge is -2.30. The fourth-order valence-electron chi connectivity index (χ4n) is 3.19. The second kappa shape index (κ2) is 14.1. The van der Waals surface area contributed by atoms with E-state index < -0.39 is 5.91 Å². The summed E-state index contributed by atoms with van der Waals surface area (Å²) in [4.78, 5) is 31.5. The van der Waals surface area contributed by atoms with Crippen LogP contribution in [0.25, 0.3) is 0 Å². The molecule has 0 unspecified atom stereocenters. The third-order valence-corrected chi connectivity index (χ3v) is 5.50. The highest BCUT2D eigenvalue weighted by molar-refractivity contribution is 7.14. The summed E-state index contributed by atoms with van der Waals surface area (Å²) < 4.78 is 10.4. The number of nitrogen functional groups attached to an aromatic ring is 1. The highest BCUT2D eigenvalue weighted by Gasteiger charge is 2.18. The SMILES string of the molecule is COc1cc(N)c(C(=O)Nc2nc(C(=O)NCCN(C(C)C)C(C)C)cs2)cc1OC.Cl.Cl. The van der Waals surface area contributed by atoms with Crippen LogP contribution in [0.1, 0.15) is 48.5 Å². The van der Waals surface area contributed by atoms with E-state index in [9.17, 15) is 9.59 Å². The molecule has 0 saturated heterocycles. The van der Waals surface area contributed by atoms with Gasteiger partial charge in [0.2, 0.25) is 0 Å². The molecule has 186 valence electrons. The van der Waals surface area contributed by atoms with Gasteiger partial charge in [-0.15, -0.1) is 36.2 Å². The molecule has 0 aliphatic rings. The lowest BCUT2D eigenvalue weighted by atomic mass is 10.1. The quantitative estimate of drug-likeness (QED) is 0.407. The highest BCUT2D eigenvalue weighted by atomic mass is 35.5. The first-order valence-corrected chi connectivity index (χ1v) is 10.9. The molecule has 1 aromatic carbocycles. The van der Waals surface area contributed by atoms with Crippen molar-refractivity contribution in [2.45, 2.75) is 39.8 Å². The van der Waals surface area contributed by atoms with Crippen LogP contribution in [0.5, 0.6) is 11.5 Å². The van der Waals surface area contributed by atoms with Gasteiger partial charge in [0.05, 0.1) is 19.8 Å². The minimum Gasteiger partial charge on any atom is -0.493 e. The summed E-state index contributed by atoms with van der Waals surface area (Å²) in [7, 11) is 2.96. The number of rotatable bonds is 10. The standard InChI is InChI=1S/C21H31N5O4S.2ClH/c1-12(2)26(13(3)4)8-7-23-20(28)16-11-31-21(24-16)25-19(27)14-9-17(29-5)18(30-6)10-15(14)22;;/h9-13H,7-8,22H2,1-6H3,(H,23,28)(H,24,25,27);2*1H. The number of hydrogen-bond acceptors (Lipinski definition) is 8. The monoisotopic (exact) mass is 521 g/mol. The third kappa shape index (κ3) is 8.22. The van der Waals surface area contributed by atoms with Gasteiger partial charge in [0.1, 0.15) is 5.69 Å². The zero-order chi connectivity index (χ0) is 23.1. The number of halogens is 2. The topological polar surface area (TPSA) is 119 Å². The number of methoxy groups -OCH3 is 2. The van der Waals surface area contributed by atoms with Gasteiger partial charge >= 0.3 is 0 Å². The molecule has 0 aliphatic heterocycles. The van der Waals surface area contributed by atoms with Crippen LogP contribution in [0.2, 0.25) is 0 Å². The molecule has 1 heterocycles. The van der Waals surface area contributed by atoms with Crippen molar-refractivity contribution in [2.75, 3.05) is 38.4 Å². The Labute approximate surface area is 211 Å². The Balaban J connectivity index is 0.00000512. The molecule has 33 heavy (non-hydrogen) atoms. The third-order valence-electron chi connectivity index (χ3n) is 4.74. The number of ether oxygens (including phenoxy) is 2. The van der Waals surface area contributed by atoms with Crippen molar-refractivity contribution in [3.63, 3.8) is 0 Å². The predicted molar refractivity (Wildman–Crippen MR) is 138 cm³/mol. The number of carbonyl (C=O) groups is 2. The van der Waals surface area contributed by atoms with Gasteiger partial charge in [-0.2, -0.15) is 0 Å². The number of thiazole rings is 1. The van der Waals surface area contributed by atoms with Crippen LogP contribution in [0, 0.1) is 0 Å². The number of amides is 2. The first-order valence-electron chi connectivity index (χ1n) is 10.00. The Bertz CT molecular complexity index is 916. The van der Waals surface area contributed by atoms with Crippen LogP contribution in [-0.4, -0.2) is 61.1 Å².